The lowest BCUT2D eigenvalue weighted by atomic mass is 9.92. The Kier molecular flexibility index (Phi) is 5.01. The van der Waals surface area contributed by atoms with E-state index in [9.17, 15) is 18.0 Å². The SMILES string of the molecule is O=CC(F)(F)F.[C-]#[N+]c1ccc2c(c1)C(=O)N1CCNC[C@H]1C2. The van der Waals surface area contributed by atoms with Crippen LogP contribution in [-0.2, 0) is 11.2 Å². The van der Waals surface area contributed by atoms with Gasteiger partial charge in [-0.1, -0.05) is 12.1 Å². The van der Waals surface area contributed by atoms with Crippen LogP contribution in [0.1, 0.15) is 15.9 Å². The summed E-state index contributed by atoms with van der Waals surface area (Å²) in [7, 11) is 0. The first-order valence-corrected chi connectivity index (χ1v) is 6.91. The Bertz CT molecular complexity index is 652. The third kappa shape index (κ3) is 4.07. The molecule has 1 amide bonds. The third-order valence-corrected chi connectivity index (χ3v) is 3.65. The molecule has 0 bridgehead atoms. The highest BCUT2D eigenvalue weighted by molar-refractivity contribution is 5.98. The minimum absolute atomic E-state index is 0.0863. The Morgan fingerprint density at radius 3 is 2.70 bits per heavy atom. The molecule has 1 aromatic carbocycles. The molecule has 1 atom stereocenters. The van der Waals surface area contributed by atoms with E-state index in [1.54, 1.807) is 12.1 Å². The quantitative estimate of drug-likeness (QED) is 0.586. The van der Waals surface area contributed by atoms with Crippen LogP contribution in [0.4, 0.5) is 18.9 Å². The van der Waals surface area contributed by atoms with Gasteiger partial charge in [-0.25, -0.2) is 4.85 Å². The minimum atomic E-state index is -4.64. The lowest BCUT2D eigenvalue weighted by Gasteiger charge is -2.40. The zero-order valence-corrected chi connectivity index (χ0v) is 12.1. The zero-order valence-electron chi connectivity index (χ0n) is 12.1. The molecule has 2 heterocycles. The van der Waals surface area contributed by atoms with Gasteiger partial charge < -0.3 is 10.2 Å². The maximum absolute atomic E-state index is 12.3. The fraction of sp³-hybridized carbons (Fsp3) is 0.400. The second-order valence-electron chi connectivity index (χ2n) is 5.17. The van der Waals surface area contributed by atoms with E-state index in [0.29, 0.717) is 5.69 Å². The van der Waals surface area contributed by atoms with Crippen LogP contribution in [0.2, 0.25) is 0 Å². The fourth-order valence-corrected chi connectivity index (χ4v) is 2.63. The van der Waals surface area contributed by atoms with E-state index in [-0.39, 0.29) is 11.9 Å². The number of alkyl halides is 3. The maximum Gasteiger partial charge on any atom is 0.446 e. The second-order valence-corrected chi connectivity index (χ2v) is 5.17. The summed E-state index contributed by atoms with van der Waals surface area (Å²) in [5.41, 5.74) is 2.34. The van der Waals surface area contributed by atoms with Gasteiger partial charge in [-0.05, 0) is 18.1 Å². The van der Waals surface area contributed by atoms with Crippen LogP contribution < -0.4 is 5.32 Å². The molecule has 1 N–H and O–H groups in total. The number of benzene rings is 1. The monoisotopic (exact) mass is 325 g/mol. The van der Waals surface area contributed by atoms with Gasteiger partial charge in [0.05, 0.1) is 6.57 Å². The number of hydrogen-bond donors (Lipinski definition) is 1. The Hall–Kier alpha value is -2.40. The Morgan fingerprint density at radius 2 is 2.09 bits per heavy atom. The van der Waals surface area contributed by atoms with Crippen LogP contribution in [0, 0.1) is 6.57 Å². The first-order valence-electron chi connectivity index (χ1n) is 6.91. The zero-order chi connectivity index (χ0) is 17.0. The molecule has 0 radical (unpaired) electrons. The Balaban J connectivity index is 0.000000277. The summed E-state index contributed by atoms with van der Waals surface area (Å²) in [4.78, 5) is 26.3. The van der Waals surface area contributed by atoms with E-state index in [1.165, 1.54) is 0 Å². The molecule has 5 nitrogen and oxygen atoms in total. The molecule has 3 rings (SSSR count). The Morgan fingerprint density at radius 1 is 1.39 bits per heavy atom. The molecule has 8 heteroatoms. The van der Waals surface area contributed by atoms with Gasteiger partial charge >= 0.3 is 6.18 Å². The topological polar surface area (TPSA) is 53.8 Å². The molecule has 1 saturated heterocycles. The number of nitrogens with zero attached hydrogens (tertiary/aromatic N) is 2. The highest BCUT2D eigenvalue weighted by Gasteiger charge is 2.33. The lowest BCUT2D eigenvalue weighted by Crippen LogP contribution is -2.56. The van der Waals surface area contributed by atoms with E-state index in [4.69, 9.17) is 11.4 Å². The van der Waals surface area contributed by atoms with Crippen LogP contribution in [-0.4, -0.2) is 48.9 Å². The number of amides is 1. The van der Waals surface area contributed by atoms with E-state index in [1.807, 2.05) is 11.0 Å². The van der Waals surface area contributed by atoms with E-state index in [2.05, 4.69) is 10.2 Å². The number of fused-ring (bicyclic) bond motifs is 2. The van der Waals surface area contributed by atoms with Gasteiger partial charge in [-0.2, -0.15) is 13.2 Å². The van der Waals surface area contributed by atoms with Gasteiger partial charge in [-0.3, -0.25) is 9.59 Å². The van der Waals surface area contributed by atoms with Gasteiger partial charge in [0.1, 0.15) is 0 Å². The number of halogens is 3. The predicted molar refractivity (Wildman–Crippen MR) is 76.2 cm³/mol. The van der Waals surface area contributed by atoms with E-state index >= 15 is 0 Å². The van der Waals surface area contributed by atoms with Crippen LogP contribution in [0.3, 0.4) is 0 Å². The van der Waals surface area contributed by atoms with Crippen molar-refractivity contribution in [2.24, 2.45) is 0 Å². The first kappa shape index (κ1) is 17.0. The highest BCUT2D eigenvalue weighted by atomic mass is 19.4. The highest BCUT2D eigenvalue weighted by Crippen LogP contribution is 2.27. The molecule has 1 fully saturated rings. The minimum Gasteiger partial charge on any atom is -0.333 e. The number of carbonyl (C=O) groups excluding carboxylic acids is 2. The first-order chi connectivity index (χ1) is 10.9. The smallest absolute Gasteiger partial charge is 0.333 e. The number of carbonyl (C=O) groups is 2. The second kappa shape index (κ2) is 6.79. The summed E-state index contributed by atoms with van der Waals surface area (Å²) in [6.45, 7) is 9.50. The summed E-state index contributed by atoms with van der Waals surface area (Å²) in [6.07, 6.45) is -4.81. The molecule has 1 aromatic rings. The van der Waals surface area contributed by atoms with E-state index in [0.717, 1.165) is 37.2 Å². The van der Waals surface area contributed by atoms with Crippen LogP contribution >= 0.6 is 0 Å². The summed E-state index contributed by atoms with van der Waals surface area (Å²) in [6, 6.07) is 5.73. The van der Waals surface area contributed by atoms with Crippen molar-refractivity contribution in [2.75, 3.05) is 19.6 Å². The molecule has 122 valence electrons. The molecule has 0 unspecified atom stereocenters. The molecule has 0 saturated carbocycles. The van der Waals surface area contributed by atoms with Gasteiger partial charge in [-0.15, -0.1) is 0 Å². The van der Waals surface area contributed by atoms with Crippen molar-refractivity contribution < 1.29 is 22.8 Å². The van der Waals surface area contributed by atoms with Crippen molar-refractivity contribution in [3.8, 4) is 0 Å². The standard InChI is InChI=1S/C13H13N3O.C2HF3O/c1-14-10-3-2-9-6-11-8-15-4-5-16(11)13(17)12(9)7-10;3-2(4,5)1-6/h2-3,7,11,15H,4-6,8H2;1H/t11-;/m1./s1. The van der Waals surface area contributed by atoms with Crippen molar-refractivity contribution in [3.63, 3.8) is 0 Å². The third-order valence-electron chi connectivity index (χ3n) is 3.65. The number of nitrogens with one attached hydrogen (secondary N) is 1. The normalized spacial score (nSPS) is 19.7. The summed E-state index contributed by atoms with van der Waals surface area (Å²) >= 11 is 0. The fourth-order valence-electron chi connectivity index (χ4n) is 2.63. The predicted octanol–water partition coefficient (Wildman–Crippen LogP) is 1.96. The van der Waals surface area contributed by atoms with Crippen molar-refractivity contribution >= 4 is 17.9 Å². The summed E-state index contributed by atoms with van der Waals surface area (Å²) in [5.74, 6) is 0.0863. The summed E-state index contributed by atoms with van der Waals surface area (Å²) in [5, 5.41) is 3.32. The van der Waals surface area contributed by atoms with Crippen molar-refractivity contribution in [2.45, 2.75) is 18.6 Å². The van der Waals surface area contributed by atoms with Gasteiger partial charge in [0.15, 0.2) is 5.69 Å². The molecule has 2 aliphatic rings. The summed E-state index contributed by atoms with van der Waals surface area (Å²) < 4.78 is 31.2. The van der Waals surface area contributed by atoms with Gasteiger partial charge in [0.2, 0.25) is 6.29 Å². The van der Waals surface area contributed by atoms with Crippen LogP contribution in [0.5, 0.6) is 0 Å². The molecule has 0 aliphatic carbocycles. The number of rotatable bonds is 0. The number of hydrogen-bond acceptors (Lipinski definition) is 3. The van der Waals surface area contributed by atoms with Crippen LogP contribution in [0.25, 0.3) is 4.85 Å². The maximum atomic E-state index is 12.3. The average molecular weight is 325 g/mol. The number of aldehydes is 1. The number of piperazine rings is 1. The molecule has 0 spiro atoms. The molecular formula is C15H14F3N3O2. The lowest BCUT2D eigenvalue weighted by molar-refractivity contribution is -0.156. The van der Waals surface area contributed by atoms with Crippen molar-refractivity contribution in [3.05, 3.63) is 40.7 Å². The van der Waals surface area contributed by atoms with Crippen molar-refractivity contribution in [1.82, 2.24) is 10.2 Å². The molecular weight excluding hydrogens is 311 g/mol. The van der Waals surface area contributed by atoms with Gasteiger partial charge in [0.25, 0.3) is 5.91 Å². The largest absolute Gasteiger partial charge is 0.446 e. The molecule has 0 aromatic heterocycles. The molecule has 2 aliphatic heterocycles. The van der Waals surface area contributed by atoms with E-state index < -0.39 is 12.5 Å². The van der Waals surface area contributed by atoms with Crippen LogP contribution in [0.15, 0.2) is 18.2 Å². The average Bonchev–Trinajstić information content (AvgIpc) is 2.55. The Labute approximate surface area is 130 Å². The van der Waals surface area contributed by atoms with Crippen molar-refractivity contribution in [1.29, 1.82) is 0 Å². The molecule has 23 heavy (non-hydrogen) atoms. The van der Waals surface area contributed by atoms with Gasteiger partial charge in [0, 0.05) is 31.2 Å².